The number of unbranched alkanes of at least 4 members (excludes halogenated alkanes) is 1. The van der Waals surface area contributed by atoms with Gasteiger partial charge < -0.3 is 14.6 Å². The number of halogens is 1. The maximum atomic E-state index is 12.6. The summed E-state index contributed by atoms with van der Waals surface area (Å²) in [6, 6.07) is -0.507. The molecule has 1 saturated carbocycles. The highest BCUT2D eigenvalue weighted by Gasteiger charge is 2.42. The van der Waals surface area contributed by atoms with Crippen molar-refractivity contribution in [1.29, 1.82) is 0 Å². The lowest BCUT2D eigenvalue weighted by molar-refractivity contribution is -0.0147. The number of aliphatic hydroxyl groups is 1. The van der Waals surface area contributed by atoms with Gasteiger partial charge in [-0.25, -0.2) is 23.0 Å². The summed E-state index contributed by atoms with van der Waals surface area (Å²) in [5, 5.41) is 12.0. The zero-order chi connectivity index (χ0) is 24.1. The van der Waals surface area contributed by atoms with Gasteiger partial charge in [-0.3, -0.25) is 9.29 Å². The number of rotatable bonds is 12. The lowest BCUT2D eigenvalue weighted by Gasteiger charge is -2.45. The first kappa shape index (κ1) is 25.6. The van der Waals surface area contributed by atoms with Gasteiger partial charge in [-0.1, -0.05) is 25.0 Å². The summed E-state index contributed by atoms with van der Waals surface area (Å²) in [7, 11) is -2.65. The van der Waals surface area contributed by atoms with Gasteiger partial charge >= 0.3 is 12.1 Å². The van der Waals surface area contributed by atoms with Crippen LogP contribution in [0.2, 0.25) is 0 Å². The topological polar surface area (TPSA) is 123 Å². The third-order valence-corrected chi connectivity index (χ3v) is 9.34. The normalized spacial score (nSPS) is 21.1. The van der Waals surface area contributed by atoms with Crippen LogP contribution in [0.1, 0.15) is 49.0 Å². The number of carbonyl (C=O) groups is 2. The molecule has 0 aromatic carbocycles. The fourth-order valence-electron chi connectivity index (χ4n) is 4.12. The molecule has 2 atom stereocenters. The zero-order valence-corrected chi connectivity index (χ0v) is 20.1. The second-order valence-electron chi connectivity index (χ2n) is 8.34. The van der Waals surface area contributed by atoms with Gasteiger partial charge in [0.25, 0.3) is 0 Å². The van der Waals surface area contributed by atoms with Crippen LogP contribution in [0.15, 0.2) is 21.9 Å². The fourth-order valence-corrected chi connectivity index (χ4v) is 6.46. The van der Waals surface area contributed by atoms with Crippen molar-refractivity contribution in [2.45, 2.75) is 55.0 Å². The van der Waals surface area contributed by atoms with Crippen molar-refractivity contribution in [1.82, 2.24) is 9.88 Å². The van der Waals surface area contributed by atoms with E-state index < -0.39 is 39.8 Å². The van der Waals surface area contributed by atoms with E-state index in [0.29, 0.717) is 12.8 Å². The van der Waals surface area contributed by atoms with Gasteiger partial charge in [0.2, 0.25) is 14.2 Å². The molecule has 1 aliphatic heterocycles. The molecule has 0 spiro atoms. The van der Waals surface area contributed by atoms with E-state index in [1.165, 1.54) is 17.4 Å². The van der Waals surface area contributed by atoms with E-state index in [0.717, 1.165) is 37.0 Å². The number of hydrogen-bond acceptors (Lipinski definition) is 9. The van der Waals surface area contributed by atoms with E-state index in [4.69, 9.17) is 4.74 Å². The minimum absolute atomic E-state index is 0.0562. The summed E-state index contributed by atoms with van der Waals surface area (Å²) in [5.41, 5.74) is -0.348. The first-order valence-corrected chi connectivity index (χ1v) is 13.4. The molecule has 1 aromatic rings. The lowest BCUT2D eigenvalue weighted by atomic mass is 9.62. The van der Waals surface area contributed by atoms with Crippen LogP contribution in [0, 0.1) is 5.41 Å². The van der Waals surface area contributed by atoms with Gasteiger partial charge in [0.15, 0.2) is 5.69 Å². The Hall–Kier alpha value is -2.05. The van der Waals surface area contributed by atoms with Gasteiger partial charge in [-0.15, -0.1) is 11.3 Å². The fraction of sp³-hybridized carbons (Fsp3) is 0.667. The maximum Gasteiger partial charge on any atom is 0.410 e. The molecule has 1 amide bonds. The second-order valence-corrected chi connectivity index (χ2v) is 11.5. The number of esters is 1. The summed E-state index contributed by atoms with van der Waals surface area (Å²) in [6.45, 7) is -0.436. The van der Waals surface area contributed by atoms with Crippen LogP contribution in [-0.2, 0) is 19.3 Å². The molecule has 3 rings (SSSR count). The number of alkyl halides is 1. The van der Waals surface area contributed by atoms with Gasteiger partial charge in [0.1, 0.15) is 6.61 Å². The molecule has 2 aliphatic rings. The van der Waals surface area contributed by atoms with Crippen molar-refractivity contribution >= 4 is 33.2 Å². The Labute approximate surface area is 196 Å². The zero-order valence-electron chi connectivity index (χ0n) is 18.4. The smallest absolute Gasteiger partial charge is 0.410 e. The molecule has 33 heavy (non-hydrogen) atoms. The minimum Gasteiger partial charge on any atom is -0.464 e. The number of carbonyl (C=O) groups excluding carboxylic acids is 2. The Morgan fingerprint density at radius 1 is 1.48 bits per heavy atom. The van der Waals surface area contributed by atoms with E-state index in [1.54, 1.807) is 12.2 Å². The number of aliphatic hydroxyl groups excluding tert-OH is 1. The van der Waals surface area contributed by atoms with E-state index in [9.17, 15) is 27.5 Å². The number of cyclic esters (lactones) is 1. The molecule has 9 nitrogen and oxygen atoms in total. The Morgan fingerprint density at radius 3 is 2.88 bits per heavy atom. The molecule has 2 fully saturated rings. The van der Waals surface area contributed by atoms with Crippen LogP contribution in [-0.4, -0.2) is 80.3 Å². The van der Waals surface area contributed by atoms with Crippen molar-refractivity contribution in [3.8, 4) is 0 Å². The first-order chi connectivity index (χ1) is 15.7. The molecule has 2 heterocycles. The number of sulfone groups is 1. The third kappa shape index (κ3) is 5.90. The summed E-state index contributed by atoms with van der Waals surface area (Å²) in [5.74, 6) is -1.12. The third-order valence-electron chi connectivity index (χ3n) is 6.31. The number of aromatic nitrogens is 1. The molecule has 1 saturated heterocycles. The average molecular weight is 505 g/mol. The molecule has 0 bridgehead atoms. The van der Waals surface area contributed by atoms with Crippen molar-refractivity contribution in [3.63, 3.8) is 0 Å². The molecule has 1 aliphatic carbocycles. The van der Waals surface area contributed by atoms with Crippen molar-refractivity contribution in [2.24, 2.45) is 5.41 Å². The van der Waals surface area contributed by atoms with Gasteiger partial charge in [0, 0.05) is 11.9 Å². The average Bonchev–Trinajstić information content (AvgIpc) is 3.39. The highest BCUT2D eigenvalue weighted by molar-refractivity contribution is 7.93. The predicted octanol–water partition coefficient (Wildman–Crippen LogP) is 2.75. The van der Waals surface area contributed by atoms with Crippen LogP contribution in [0.25, 0.3) is 0 Å². The molecule has 1 aromatic heterocycles. The van der Waals surface area contributed by atoms with Crippen molar-refractivity contribution in [2.75, 3.05) is 32.7 Å². The second kappa shape index (κ2) is 10.9. The Bertz CT molecular complexity index is 975. The highest BCUT2D eigenvalue weighted by atomic mass is 32.2. The molecular weight excluding hydrogens is 475 g/mol. The lowest BCUT2D eigenvalue weighted by Crippen LogP contribution is -2.41. The van der Waals surface area contributed by atoms with Crippen LogP contribution in [0.4, 0.5) is 9.18 Å². The SMILES string of the molecule is COC(=O)c1csc(S(=O)(=O)CCN2C(=O)OC[C@@H]2C=C[C@@H](O)C2(CCCCF)CCC2)n1. The van der Waals surface area contributed by atoms with Crippen LogP contribution >= 0.6 is 11.3 Å². The summed E-state index contributed by atoms with van der Waals surface area (Å²) in [4.78, 5) is 28.8. The summed E-state index contributed by atoms with van der Waals surface area (Å²) in [6.07, 6.45) is 6.65. The monoisotopic (exact) mass is 504 g/mol. The maximum absolute atomic E-state index is 12.6. The Kier molecular flexibility index (Phi) is 8.46. The molecular formula is C21H29FN2O7S2. The number of ether oxygens (including phenoxy) is 2. The molecule has 12 heteroatoms. The first-order valence-electron chi connectivity index (χ1n) is 10.8. The standard InChI is InChI=1S/C21H29FN2O7S2/c1-30-18(26)16-14-32-19(23-16)33(28,29)12-11-24-15(13-31-20(24)27)5-6-17(25)21(8-4-9-21)7-2-3-10-22/h5-6,14-15,17,25H,2-4,7-13H2,1H3/t15-,17+/m0/s1. The van der Waals surface area contributed by atoms with E-state index in [1.807, 2.05) is 0 Å². The van der Waals surface area contributed by atoms with Gasteiger partial charge in [0.05, 0.1) is 31.7 Å². The van der Waals surface area contributed by atoms with Crippen LogP contribution in [0.5, 0.6) is 0 Å². The molecule has 1 N–H and O–H groups in total. The largest absolute Gasteiger partial charge is 0.464 e. The molecule has 0 radical (unpaired) electrons. The number of amides is 1. The summed E-state index contributed by atoms with van der Waals surface area (Å²) < 4.78 is 47.1. The Balaban J connectivity index is 1.61. The Morgan fingerprint density at radius 2 is 2.24 bits per heavy atom. The van der Waals surface area contributed by atoms with Gasteiger partial charge in [-0.2, -0.15) is 0 Å². The van der Waals surface area contributed by atoms with Crippen LogP contribution < -0.4 is 0 Å². The minimum atomic E-state index is -3.83. The van der Waals surface area contributed by atoms with Gasteiger partial charge in [-0.05, 0) is 31.1 Å². The number of nitrogens with zero attached hydrogens (tertiary/aromatic N) is 2. The van der Waals surface area contributed by atoms with E-state index in [-0.39, 0.29) is 35.3 Å². The van der Waals surface area contributed by atoms with E-state index in [2.05, 4.69) is 9.72 Å². The van der Waals surface area contributed by atoms with Crippen molar-refractivity contribution in [3.05, 3.63) is 23.2 Å². The van der Waals surface area contributed by atoms with Crippen LogP contribution in [0.3, 0.4) is 0 Å². The molecule has 184 valence electrons. The number of methoxy groups -OCH3 is 1. The predicted molar refractivity (Wildman–Crippen MR) is 119 cm³/mol. The highest BCUT2D eigenvalue weighted by Crippen LogP contribution is 2.48. The quantitative estimate of drug-likeness (QED) is 0.262. The molecule has 0 unspecified atom stereocenters. The van der Waals surface area contributed by atoms with E-state index >= 15 is 0 Å². The van der Waals surface area contributed by atoms with Crippen molar-refractivity contribution < 1.29 is 37.0 Å². The summed E-state index contributed by atoms with van der Waals surface area (Å²) >= 11 is 0.813. The number of hydrogen-bond donors (Lipinski definition) is 1. The number of thiazole rings is 1.